The van der Waals surface area contributed by atoms with Crippen LogP contribution < -0.4 is 10.1 Å². The number of fused-ring (bicyclic) bond motifs is 1. The number of aliphatic hydroxyl groups excluding tert-OH is 1. The van der Waals surface area contributed by atoms with Crippen LogP contribution in [0.2, 0.25) is 0 Å². The van der Waals surface area contributed by atoms with Gasteiger partial charge in [0.1, 0.15) is 23.8 Å². The first-order chi connectivity index (χ1) is 11.8. The Balaban J connectivity index is 1.58. The molecule has 1 aromatic carbocycles. The number of rotatable bonds is 6. The molecule has 1 aliphatic rings. The van der Waals surface area contributed by atoms with Gasteiger partial charge >= 0.3 is 0 Å². The summed E-state index contributed by atoms with van der Waals surface area (Å²) in [4.78, 5) is 6.22. The molecule has 1 saturated heterocycles. The summed E-state index contributed by atoms with van der Waals surface area (Å²) in [5, 5.41) is 13.7. The summed E-state index contributed by atoms with van der Waals surface area (Å²) in [5.74, 6) is 0.650. The van der Waals surface area contributed by atoms with E-state index in [2.05, 4.69) is 10.3 Å². The van der Waals surface area contributed by atoms with Crippen LogP contribution in [0.5, 0.6) is 5.75 Å². The number of sulfone groups is 1. The molecule has 0 saturated carbocycles. The highest BCUT2D eigenvalue weighted by molar-refractivity contribution is 7.91. The van der Waals surface area contributed by atoms with Crippen molar-refractivity contribution in [3.8, 4) is 5.75 Å². The number of thiazole rings is 1. The first-order valence-electron chi connectivity index (χ1n) is 8.14. The summed E-state index contributed by atoms with van der Waals surface area (Å²) < 4.78 is 30.5. The number of hydrogen-bond acceptors (Lipinski definition) is 8. The lowest BCUT2D eigenvalue weighted by atomic mass is 10.3. The van der Waals surface area contributed by atoms with Gasteiger partial charge in [0, 0.05) is 38.5 Å². The fraction of sp³-hybridized carbons (Fsp3) is 0.562. The first kappa shape index (κ1) is 18.5. The van der Waals surface area contributed by atoms with Crippen molar-refractivity contribution in [3.63, 3.8) is 0 Å². The molecule has 2 atom stereocenters. The maximum Gasteiger partial charge on any atom is 0.164 e. The van der Waals surface area contributed by atoms with Gasteiger partial charge in [0.15, 0.2) is 9.84 Å². The van der Waals surface area contributed by atoms with Gasteiger partial charge in [-0.1, -0.05) is 0 Å². The molecule has 138 valence electrons. The summed E-state index contributed by atoms with van der Waals surface area (Å²) in [6, 6.07) is 5.67. The maximum atomic E-state index is 11.9. The van der Waals surface area contributed by atoms with Crippen molar-refractivity contribution in [3.05, 3.63) is 23.2 Å². The van der Waals surface area contributed by atoms with Gasteiger partial charge in [-0.05, 0) is 19.1 Å². The zero-order chi connectivity index (χ0) is 18.0. The predicted molar refractivity (Wildman–Crippen MR) is 98.9 cm³/mol. The second kappa shape index (κ2) is 7.55. The van der Waals surface area contributed by atoms with Crippen LogP contribution in [-0.2, 0) is 9.84 Å². The van der Waals surface area contributed by atoms with E-state index in [9.17, 15) is 13.5 Å². The van der Waals surface area contributed by atoms with Crippen LogP contribution in [0.1, 0.15) is 5.01 Å². The molecule has 1 fully saturated rings. The fourth-order valence-corrected chi connectivity index (χ4v) is 4.94. The molecule has 0 bridgehead atoms. The van der Waals surface area contributed by atoms with Crippen LogP contribution in [-0.4, -0.2) is 73.9 Å². The summed E-state index contributed by atoms with van der Waals surface area (Å²) >= 11 is 1.63. The molecule has 0 spiro atoms. The zero-order valence-corrected chi connectivity index (χ0v) is 15.9. The molecule has 2 aromatic rings. The Hall–Kier alpha value is -1.26. The molecule has 0 unspecified atom stereocenters. The van der Waals surface area contributed by atoms with Crippen molar-refractivity contribution >= 4 is 31.4 Å². The normalized spacial score (nSPS) is 20.7. The predicted octanol–water partition coefficient (Wildman–Crippen LogP) is 0.620. The largest absolute Gasteiger partial charge is 0.491 e. The molecule has 7 nitrogen and oxygen atoms in total. The van der Waals surface area contributed by atoms with Crippen molar-refractivity contribution < 1.29 is 18.3 Å². The molecular weight excluding hydrogens is 362 g/mol. The van der Waals surface area contributed by atoms with Gasteiger partial charge in [-0.3, -0.25) is 4.90 Å². The number of aliphatic hydroxyl groups is 1. The number of aromatic nitrogens is 1. The number of benzene rings is 1. The lowest BCUT2D eigenvalue weighted by molar-refractivity contribution is 0.0579. The van der Waals surface area contributed by atoms with E-state index in [0.29, 0.717) is 25.4 Å². The van der Waals surface area contributed by atoms with Crippen molar-refractivity contribution in [1.82, 2.24) is 15.2 Å². The number of nitrogens with zero attached hydrogens (tertiary/aromatic N) is 2. The Labute approximate surface area is 151 Å². The Kier molecular flexibility index (Phi) is 5.59. The number of aryl methyl sites for hydroxylation is 1. The average Bonchev–Trinajstić information content (AvgIpc) is 2.91. The van der Waals surface area contributed by atoms with Crippen molar-refractivity contribution in [2.45, 2.75) is 18.4 Å². The van der Waals surface area contributed by atoms with Crippen molar-refractivity contribution in [2.24, 2.45) is 0 Å². The minimum absolute atomic E-state index is 0.106. The van der Waals surface area contributed by atoms with Gasteiger partial charge in [-0.2, -0.15) is 0 Å². The Bertz CT molecular complexity index is 837. The first-order valence-corrected chi connectivity index (χ1v) is 10.9. The lowest BCUT2D eigenvalue weighted by Gasteiger charge is -2.35. The summed E-state index contributed by atoms with van der Waals surface area (Å²) in [6.07, 6.45) is 0.459. The third kappa shape index (κ3) is 4.68. The van der Waals surface area contributed by atoms with Crippen molar-refractivity contribution in [2.75, 3.05) is 39.0 Å². The highest BCUT2D eigenvalue weighted by Gasteiger charge is 2.31. The number of ether oxygens (including phenoxy) is 1. The van der Waals surface area contributed by atoms with Gasteiger partial charge in [0.25, 0.3) is 0 Å². The molecule has 0 radical (unpaired) electrons. The number of nitrogens with one attached hydrogen (secondary N) is 1. The molecule has 2 N–H and O–H groups in total. The van der Waals surface area contributed by atoms with E-state index in [0.717, 1.165) is 15.2 Å². The second-order valence-electron chi connectivity index (χ2n) is 6.31. The third-order valence-electron chi connectivity index (χ3n) is 4.15. The molecule has 2 heterocycles. The molecule has 25 heavy (non-hydrogen) atoms. The van der Waals surface area contributed by atoms with Gasteiger partial charge in [0.2, 0.25) is 0 Å². The molecule has 0 aliphatic carbocycles. The van der Waals surface area contributed by atoms with Crippen LogP contribution >= 0.6 is 11.3 Å². The van der Waals surface area contributed by atoms with E-state index in [4.69, 9.17) is 4.74 Å². The highest BCUT2D eigenvalue weighted by Crippen LogP contribution is 2.25. The molecule has 1 aliphatic heterocycles. The highest BCUT2D eigenvalue weighted by atomic mass is 32.2. The Morgan fingerprint density at radius 3 is 3.08 bits per heavy atom. The number of hydrogen-bond donors (Lipinski definition) is 2. The molecule has 3 rings (SSSR count). The number of β-amino-alcohol motifs (C(OH)–C–C–N with tert-alkyl or cyclic N) is 1. The van der Waals surface area contributed by atoms with Crippen LogP contribution in [0.3, 0.4) is 0 Å². The van der Waals surface area contributed by atoms with E-state index in [1.54, 1.807) is 16.2 Å². The average molecular weight is 386 g/mol. The monoisotopic (exact) mass is 385 g/mol. The Morgan fingerprint density at radius 1 is 1.52 bits per heavy atom. The summed E-state index contributed by atoms with van der Waals surface area (Å²) in [5.41, 5.74) is 0.883. The minimum Gasteiger partial charge on any atom is -0.491 e. The van der Waals surface area contributed by atoms with E-state index >= 15 is 0 Å². The molecule has 0 amide bonds. The molecule has 9 heteroatoms. The van der Waals surface area contributed by atoms with Gasteiger partial charge < -0.3 is 15.2 Å². The van der Waals surface area contributed by atoms with Gasteiger partial charge in [-0.25, -0.2) is 13.4 Å². The second-order valence-corrected chi connectivity index (χ2v) is 9.75. The van der Waals surface area contributed by atoms with Crippen LogP contribution in [0.25, 0.3) is 10.2 Å². The molecule has 1 aromatic heterocycles. The lowest BCUT2D eigenvalue weighted by Crippen LogP contribution is -2.56. The SMILES string of the molecule is Cc1nc2cc(OC[C@H](O)CN3CCNC[C@@H]3S(C)(=O)=O)ccc2s1. The zero-order valence-electron chi connectivity index (χ0n) is 14.3. The standard InChI is InChI=1S/C16H23N3O4S2/c1-11-18-14-7-13(3-4-15(14)24-11)23-10-12(20)9-19-6-5-17-8-16(19)25(2,21)22/h3-4,7,12,16-17,20H,5-6,8-10H2,1-2H3/t12-,16+/m1/s1. The van der Waals surface area contributed by atoms with E-state index in [1.165, 1.54) is 6.26 Å². The van der Waals surface area contributed by atoms with E-state index < -0.39 is 21.3 Å². The third-order valence-corrected chi connectivity index (χ3v) is 6.55. The maximum absolute atomic E-state index is 11.9. The van der Waals surface area contributed by atoms with Gasteiger partial charge in [-0.15, -0.1) is 11.3 Å². The summed E-state index contributed by atoms with van der Waals surface area (Å²) in [7, 11) is -3.21. The number of piperazine rings is 1. The van der Waals surface area contributed by atoms with Gasteiger partial charge in [0.05, 0.1) is 15.2 Å². The quantitative estimate of drug-likeness (QED) is 0.753. The van der Waals surface area contributed by atoms with Crippen molar-refractivity contribution in [1.29, 1.82) is 0 Å². The fourth-order valence-electron chi connectivity index (χ4n) is 2.98. The van der Waals surface area contributed by atoms with Crippen LogP contribution in [0.15, 0.2) is 18.2 Å². The summed E-state index contributed by atoms with van der Waals surface area (Å²) in [6.45, 7) is 4.00. The van der Waals surface area contributed by atoms with Crippen LogP contribution in [0, 0.1) is 6.92 Å². The van der Waals surface area contributed by atoms with E-state index in [1.807, 2.05) is 25.1 Å². The topological polar surface area (TPSA) is 91.8 Å². The minimum atomic E-state index is -3.21. The Morgan fingerprint density at radius 2 is 2.32 bits per heavy atom. The smallest absolute Gasteiger partial charge is 0.164 e. The van der Waals surface area contributed by atoms with E-state index in [-0.39, 0.29) is 13.2 Å². The molecular formula is C16H23N3O4S2. The van der Waals surface area contributed by atoms with Crippen LogP contribution in [0.4, 0.5) is 0 Å².